The second-order valence-corrected chi connectivity index (χ2v) is 4.49. The number of nitrogens with one attached hydrogen (secondary N) is 1. The van der Waals surface area contributed by atoms with E-state index in [4.69, 9.17) is 17.4 Å². The highest BCUT2D eigenvalue weighted by atomic mass is 35.5. The molecular formula is C10H9ClN4OS. The van der Waals surface area contributed by atoms with Crippen molar-refractivity contribution in [2.75, 3.05) is 5.75 Å². The van der Waals surface area contributed by atoms with Crippen molar-refractivity contribution in [3.63, 3.8) is 0 Å². The van der Waals surface area contributed by atoms with Crippen LogP contribution in [0.25, 0.3) is 11.0 Å². The van der Waals surface area contributed by atoms with Crippen molar-refractivity contribution in [3.8, 4) is 0 Å². The molecule has 0 unspecified atom stereocenters. The zero-order chi connectivity index (χ0) is 12.3. The Bertz CT molecular complexity index is 563. The number of thioether (sulfide) groups is 1. The predicted molar refractivity (Wildman–Crippen MR) is 67.6 cm³/mol. The summed E-state index contributed by atoms with van der Waals surface area (Å²) in [6.45, 7) is 0. The van der Waals surface area contributed by atoms with Gasteiger partial charge in [-0.25, -0.2) is 15.8 Å². The molecule has 5 nitrogen and oxygen atoms in total. The topological polar surface area (TPSA) is 80.9 Å². The van der Waals surface area contributed by atoms with Gasteiger partial charge in [-0.1, -0.05) is 35.5 Å². The third kappa shape index (κ3) is 2.85. The predicted octanol–water partition coefficient (Wildman–Crippen LogP) is 1.37. The first-order valence-electron chi connectivity index (χ1n) is 4.75. The van der Waals surface area contributed by atoms with Gasteiger partial charge in [0.2, 0.25) is 5.91 Å². The van der Waals surface area contributed by atoms with Gasteiger partial charge in [-0.15, -0.1) is 0 Å². The van der Waals surface area contributed by atoms with E-state index in [0.717, 1.165) is 11.0 Å². The summed E-state index contributed by atoms with van der Waals surface area (Å²) >= 11 is 7.17. The molecule has 17 heavy (non-hydrogen) atoms. The van der Waals surface area contributed by atoms with Crippen molar-refractivity contribution in [1.82, 2.24) is 15.4 Å². The van der Waals surface area contributed by atoms with Gasteiger partial charge in [0.1, 0.15) is 5.03 Å². The van der Waals surface area contributed by atoms with Crippen molar-refractivity contribution >= 4 is 40.3 Å². The minimum Gasteiger partial charge on any atom is -0.294 e. The maximum Gasteiger partial charge on any atom is 0.244 e. The Kier molecular flexibility index (Phi) is 3.78. The lowest BCUT2D eigenvalue weighted by Crippen LogP contribution is -2.31. The summed E-state index contributed by atoms with van der Waals surface area (Å²) in [5, 5.41) is 0.812. The second-order valence-electron chi connectivity index (χ2n) is 3.16. The Morgan fingerprint density at radius 1 is 1.35 bits per heavy atom. The van der Waals surface area contributed by atoms with Crippen molar-refractivity contribution in [3.05, 3.63) is 29.4 Å². The van der Waals surface area contributed by atoms with Gasteiger partial charge in [0.15, 0.2) is 5.15 Å². The first-order chi connectivity index (χ1) is 8.20. The summed E-state index contributed by atoms with van der Waals surface area (Å²) in [6, 6.07) is 7.40. The van der Waals surface area contributed by atoms with Crippen LogP contribution in [0, 0.1) is 0 Å². The van der Waals surface area contributed by atoms with Crippen LogP contribution in [-0.4, -0.2) is 21.6 Å². The third-order valence-electron chi connectivity index (χ3n) is 2.00. The monoisotopic (exact) mass is 268 g/mol. The van der Waals surface area contributed by atoms with Gasteiger partial charge in [-0.2, -0.15) is 0 Å². The summed E-state index contributed by atoms with van der Waals surface area (Å²) < 4.78 is 0. The molecule has 1 heterocycles. The molecule has 1 aromatic heterocycles. The molecule has 0 spiro atoms. The molecule has 2 aromatic rings. The minimum atomic E-state index is -0.291. The van der Waals surface area contributed by atoms with Crippen molar-refractivity contribution < 1.29 is 4.79 Å². The fourth-order valence-electron chi connectivity index (χ4n) is 1.23. The molecule has 0 aliphatic carbocycles. The number of aromatic nitrogens is 2. The largest absolute Gasteiger partial charge is 0.294 e. The molecule has 3 N–H and O–H groups in total. The maximum absolute atomic E-state index is 11.0. The molecule has 1 amide bonds. The number of benzene rings is 1. The molecule has 0 saturated heterocycles. The van der Waals surface area contributed by atoms with Crippen LogP contribution in [0.3, 0.4) is 0 Å². The number of hydrazine groups is 1. The minimum absolute atomic E-state index is 0.156. The Morgan fingerprint density at radius 2 is 2.00 bits per heavy atom. The number of fused-ring (bicyclic) bond motifs is 1. The van der Waals surface area contributed by atoms with Gasteiger partial charge in [-0.3, -0.25) is 10.2 Å². The fraction of sp³-hybridized carbons (Fsp3) is 0.100. The molecule has 0 bridgehead atoms. The lowest BCUT2D eigenvalue weighted by atomic mass is 10.3. The summed E-state index contributed by atoms with van der Waals surface area (Å²) in [5.41, 5.74) is 3.51. The zero-order valence-corrected chi connectivity index (χ0v) is 10.3. The average molecular weight is 269 g/mol. The Labute approximate surface area is 107 Å². The number of carbonyl (C=O) groups is 1. The van der Waals surface area contributed by atoms with E-state index in [-0.39, 0.29) is 11.7 Å². The highest BCUT2D eigenvalue weighted by Gasteiger charge is 2.09. The van der Waals surface area contributed by atoms with E-state index in [1.165, 1.54) is 11.8 Å². The Morgan fingerprint density at radius 3 is 2.65 bits per heavy atom. The lowest BCUT2D eigenvalue weighted by Gasteiger charge is -2.04. The van der Waals surface area contributed by atoms with Crippen LogP contribution in [0.2, 0.25) is 5.15 Å². The normalized spacial score (nSPS) is 10.5. The number of carbonyl (C=O) groups excluding carboxylic acids is 1. The van der Waals surface area contributed by atoms with E-state index < -0.39 is 0 Å². The van der Waals surface area contributed by atoms with Crippen LogP contribution in [0.4, 0.5) is 0 Å². The highest BCUT2D eigenvalue weighted by molar-refractivity contribution is 8.00. The van der Waals surface area contributed by atoms with Crippen LogP contribution in [0.1, 0.15) is 0 Å². The highest BCUT2D eigenvalue weighted by Crippen LogP contribution is 2.25. The standard InChI is InChI=1S/C10H9ClN4OS/c11-9-10(17-5-8(16)15-12)14-7-4-2-1-3-6(7)13-9/h1-4H,5,12H2,(H,15,16). The van der Waals surface area contributed by atoms with Crippen LogP contribution in [0.15, 0.2) is 29.3 Å². The van der Waals surface area contributed by atoms with Crippen LogP contribution >= 0.6 is 23.4 Å². The fourth-order valence-corrected chi connectivity index (χ4v) is 2.21. The smallest absolute Gasteiger partial charge is 0.244 e. The molecule has 0 radical (unpaired) electrons. The van der Waals surface area contributed by atoms with Gasteiger partial charge in [0.05, 0.1) is 16.8 Å². The Hall–Kier alpha value is -1.37. The first kappa shape index (κ1) is 12.1. The zero-order valence-electron chi connectivity index (χ0n) is 8.68. The van der Waals surface area contributed by atoms with E-state index in [0.29, 0.717) is 10.2 Å². The van der Waals surface area contributed by atoms with E-state index in [2.05, 4.69) is 9.97 Å². The maximum atomic E-state index is 11.0. The Balaban J connectivity index is 2.28. The lowest BCUT2D eigenvalue weighted by molar-refractivity contribution is -0.118. The number of amides is 1. The number of nitrogens with zero attached hydrogens (tertiary/aromatic N) is 2. The van der Waals surface area contributed by atoms with E-state index in [1.807, 2.05) is 29.7 Å². The van der Waals surface area contributed by atoms with E-state index >= 15 is 0 Å². The van der Waals surface area contributed by atoms with Gasteiger partial charge < -0.3 is 0 Å². The number of hydrogen-bond acceptors (Lipinski definition) is 5. The molecule has 0 aliphatic heterocycles. The molecular weight excluding hydrogens is 260 g/mol. The van der Waals surface area contributed by atoms with Crippen molar-refractivity contribution in [2.45, 2.75) is 5.03 Å². The molecule has 1 aromatic carbocycles. The molecule has 88 valence electrons. The molecule has 0 aliphatic rings. The number of halogens is 1. The number of rotatable bonds is 3. The van der Waals surface area contributed by atoms with E-state index in [1.54, 1.807) is 0 Å². The van der Waals surface area contributed by atoms with E-state index in [9.17, 15) is 4.79 Å². The molecule has 0 atom stereocenters. The van der Waals surface area contributed by atoms with Crippen LogP contribution < -0.4 is 11.3 Å². The number of nitrogens with two attached hydrogens (primary N) is 1. The third-order valence-corrected chi connectivity index (χ3v) is 3.34. The summed E-state index contributed by atoms with van der Waals surface area (Å²) in [7, 11) is 0. The van der Waals surface area contributed by atoms with Gasteiger partial charge >= 0.3 is 0 Å². The van der Waals surface area contributed by atoms with Gasteiger partial charge in [0.25, 0.3) is 0 Å². The molecule has 0 saturated carbocycles. The number of hydrogen-bond donors (Lipinski definition) is 2. The van der Waals surface area contributed by atoms with Gasteiger partial charge in [0, 0.05) is 0 Å². The number of para-hydroxylation sites is 2. The SMILES string of the molecule is NNC(=O)CSc1nc2ccccc2nc1Cl. The van der Waals surface area contributed by atoms with Crippen LogP contribution in [-0.2, 0) is 4.79 Å². The molecule has 0 fully saturated rings. The first-order valence-corrected chi connectivity index (χ1v) is 6.11. The summed E-state index contributed by atoms with van der Waals surface area (Å²) in [6.07, 6.45) is 0. The summed E-state index contributed by atoms with van der Waals surface area (Å²) in [4.78, 5) is 19.5. The van der Waals surface area contributed by atoms with Gasteiger partial charge in [-0.05, 0) is 12.1 Å². The quantitative estimate of drug-likeness (QED) is 0.380. The van der Waals surface area contributed by atoms with Crippen molar-refractivity contribution in [2.24, 2.45) is 5.84 Å². The molecule has 2 rings (SSSR count). The molecule has 7 heteroatoms. The summed E-state index contributed by atoms with van der Waals surface area (Å²) in [5.74, 6) is 4.85. The second kappa shape index (κ2) is 5.31. The van der Waals surface area contributed by atoms with Crippen LogP contribution in [0.5, 0.6) is 0 Å². The van der Waals surface area contributed by atoms with Crippen molar-refractivity contribution in [1.29, 1.82) is 0 Å². The average Bonchev–Trinajstić information content (AvgIpc) is 2.35.